The lowest BCUT2D eigenvalue weighted by atomic mass is 10.1. The van der Waals surface area contributed by atoms with E-state index in [-0.39, 0.29) is 0 Å². The summed E-state index contributed by atoms with van der Waals surface area (Å²) in [6.45, 7) is 0. The van der Waals surface area contributed by atoms with Crippen LogP contribution in [-0.4, -0.2) is 4.98 Å². The van der Waals surface area contributed by atoms with Crippen molar-refractivity contribution in [3.8, 4) is 11.3 Å². The third-order valence-corrected chi connectivity index (χ3v) is 1.82. The second-order valence-electron chi connectivity index (χ2n) is 2.71. The Bertz CT molecular complexity index is 407. The first-order chi connectivity index (χ1) is 6.27. The molecule has 1 N–H and O–H groups in total. The summed E-state index contributed by atoms with van der Waals surface area (Å²) in [6.07, 6.45) is 1.69. The van der Waals surface area contributed by atoms with Gasteiger partial charge in [0.2, 0.25) is 0 Å². The maximum atomic E-state index is 13.2. The fourth-order valence-electron chi connectivity index (χ4n) is 1.21. The van der Waals surface area contributed by atoms with E-state index < -0.39 is 11.6 Å². The minimum atomic E-state index is -0.562. The van der Waals surface area contributed by atoms with Crippen LogP contribution in [-0.2, 0) is 0 Å². The Kier molecular flexibility index (Phi) is 1.85. The van der Waals surface area contributed by atoms with E-state index in [4.69, 9.17) is 0 Å². The Labute approximate surface area is 74.0 Å². The zero-order chi connectivity index (χ0) is 9.26. The summed E-state index contributed by atoms with van der Waals surface area (Å²) in [5, 5.41) is 0. The predicted molar refractivity (Wildman–Crippen MR) is 46.1 cm³/mol. The Balaban J connectivity index is 2.53. The van der Waals surface area contributed by atoms with Gasteiger partial charge in [0, 0.05) is 23.5 Å². The van der Waals surface area contributed by atoms with Crippen molar-refractivity contribution in [2.75, 3.05) is 0 Å². The van der Waals surface area contributed by atoms with E-state index in [2.05, 4.69) is 4.98 Å². The van der Waals surface area contributed by atoms with Gasteiger partial charge in [0.1, 0.15) is 11.6 Å². The summed E-state index contributed by atoms with van der Waals surface area (Å²) in [6, 6.07) is 7.01. The molecule has 1 aromatic heterocycles. The molecule has 0 atom stereocenters. The molecular formula is C10H7F2N. The summed E-state index contributed by atoms with van der Waals surface area (Å²) >= 11 is 0. The topological polar surface area (TPSA) is 15.8 Å². The van der Waals surface area contributed by atoms with Crippen molar-refractivity contribution < 1.29 is 8.78 Å². The number of hydrogen-bond acceptors (Lipinski definition) is 0. The molecule has 1 nitrogen and oxygen atoms in total. The number of H-pyrrole nitrogens is 1. The smallest absolute Gasteiger partial charge is 0.135 e. The third kappa shape index (κ3) is 1.45. The summed E-state index contributed by atoms with van der Waals surface area (Å²) in [5.74, 6) is -1.12. The maximum Gasteiger partial charge on any atom is 0.135 e. The van der Waals surface area contributed by atoms with Crippen LogP contribution in [0.1, 0.15) is 0 Å². The molecule has 2 aromatic rings. The van der Waals surface area contributed by atoms with Crippen molar-refractivity contribution in [1.29, 1.82) is 0 Å². The third-order valence-electron chi connectivity index (χ3n) is 1.82. The molecule has 0 amide bonds. The molecule has 1 heterocycles. The fourth-order valence-corrected chi connectivity index (χ4v) is 1.21. The number of aromatic nitrogens is 1. The lowest BCUT2D eigenvalue weighted by molar-refractivity contribution is 0.585. The lowest BCUT2D eigenvalue weighted by Crippen LogP contribution is -1.85. The van der Waals surface area contributed by atoms with Crippen LogP contribution in [0.5, 0.6) is 0 Å². The van der Waals surface area contributed by atoms with Gasteiger partial charge in [0.25, 0.3) is 0 Å². The van der Waals surface area contributed by atoms with Crippen LogP contribution in [0.25, 0.3) is 11.3 Å². The van der Waals surface area contributed by atoms with Crippen molar-refractivity contribution >= 4 is 0 Å². The number of nitrogens with one attached hydrogen (secondary N) is 1. The van der Waals surface area contributed by atoms with Crippen molar-refractivity contribution in [3.63, 3.8) is 0 Å². The van der Waals surface area contributed by atoms with E-state index in [0.717, 1.165) is 6.07 Å². The van der Waals surface area contributed by atoms with Crippen LogP contribution in [0.15, 0.2) is 36.5 Å². The summed E-state index contributed by atoms with van der Waals surface area (Å²) in [5.41, 5.74) is 1.03. The average Bonchev–Trinajstić information content (AvgIpc) is 2.56. The van der Waals surface area contributed by atoms with E-state index in [0.29, 0.717) is 11.3 Å². The van der Waals surface area contributed by atoms with Gasteiger partial charge >= 0.3 is 0 Å². The molecule has 0 saturated carbocycles. The first kappa shape index (κ1) is 7.98. The van der Waals surface area contributed by atoms with Crippen LogP contribution in [0.4, 0.5) is 8.78 Å². The number of benzene rings is 1. The Morgan fingerprint density at radius 1 is 1.08 bits per heavy atom. The Hall–Kier alpha value is -1.64. The minimum absolute atomic E-state index is 0.381. The van der Waals surface area contributed by atoms with Crippen LogP contribution in [0.3, 0.4) is 0 Å². The number of rotatable bonds is 1. The van der Waals surface area contributed by atoms with E-state index in [9.17, 15) is 8.78 Å². The highest BCUT2D eigenvalue weighted by atomic mass is 19.1. The molecule has 3 heteroatoms. The molecule has 0 bridgehead atoms. The maximum absolute atomic E-state index is 13.2. The zero-order valence-corrected chi connectivity index (χ0v) is 6.72. The molecule has 0 fully saturated rings. The van der Waals surface area contributed by atoms with Gasteiger partial charge in [-0.25, -0.2) is 8.78 Å². The van der Waals surface area contributed by atoms with E-state index in [1.807, 2.05) is 0 Å². The highest BCUT2D eigenvalue weighted by Gasteiger charge is 2.05. The fraction of sp³-hybridized carbons (Fsp3) is 0. The minimum Gasteiger partial charge on any atom is -0.361 e. The molecule has 66 valence electrons. The highest BCUT2D eigenvalue weighted by Crippen LogP contribution is 2.21. The van der Waals surface area contributed by atoms with Gasteiger partial charge < -0.3 is 4.98 Å². The standard InChI is InChI=1S/C10H7F2N/c11-7-3-4-8(9(12)6-7)10-2-1-5-13-10/h1-6,13H. The molecule has 0 radical (unpaired) electrons. The quantitative estimate of drug-likeness (QED) is 0.692. The van der Waals surface area contributed by atoms with Crippen LogP contribution < -0.4 is 0 Å². The molecule has 0 aliphatic carbocycles. The van der Waals surface area contributed by atoms with Crippen LogP contribution in [0, 0.1) is 11.6 Å². The highest BCUT2D eigenvalue weighted by molar-refractivity contribution is 5.59. The van der Waals surface area contributed by atoms with Crippen LogP contribution >= 0.6 is 0 Å². The van der Waals surface area contributed by atoms with Gasteiger partial charge in [0.15, 0.2) is 0 Å². The summed E-state index contributed by atoms with van der Waals surface area (Å²) in [4.78, 5) is 2.85. The Morgan fingerprint density at radius 2 is 1.92 bits per heavy atom. The van der Waals surface area contributed by atoms with Gasteiger partial charge in [-0.3, -0.25) is 0 Å². The van der Waals surface area contributed by atoms with Crippen molar-refractivity contribution in [2.45, 2.75) is 0 Å². The van der Waals surface area contributed by atoms with Gasteiger partial charge in [-0.2, -0.15) is 0 Å². The average molecular weight is 179 g/mol. The van der Waals surface area contributed by atoms with Crippen LogP contribution in [0.2, 0.25) is 0 Å². The summed E-state index contributed by atoms with van der Waals surface area (Å²) < 4.78 is 25.7. The molecule has 0 spiro atoms. The van der Waals surface area contributed by atoms with E-state index in [1.165, 1.54) is 12.1 Å². The largest absolute Gasteiger partial charge is 0.361 e. The van der Waals surface area contributed by atoms with Gasteiger partial charge in [-0.05, 0) is 24.3 Å². The number of halogens is 2. The summed E-state index contributed by atoms with van der Waals surface area (Å²) in [7, 11) is 0. The molecular weight excluding hydrogens is 172 g/mol. The molecule has 0 aliphatic rings. The van der Waals surface area contributed by atoms with E-state index in [1.54, 1.807) is 18.3 Å². The number of hydrogen-bond donors (Lipinski definition) is 1. The number of aromatic amines is 1. The zero-order valence-electron chi connectivity index (χ0n) is 6.72. The van der Waals surface area contributed by atoms with Gasteiger partial charge in [-0.15, -0.1) is 0 Å². The molecule has 0 unspecified atom stereocenters. The van der Waals surface area contributed by atoms with E-state index >= 15 is 0 Å². The SMILES string of the molecule is Fc1ccc(-c2ccc[nH]2)c(F)c1. The molecule has 13 heavy (non-hydrogen) atoms. The molecule has 0 saturated heterocycles. The Morgan fingerprint density at radius 3 is 2.54 bits per heavy atom. The molecule has 0 aliphatic heterocycles. The normalized spacial score (nSPS) is 10.3. The first-order valence-corrected chi connectivity index (χ1v) is 3.86. The second-order valence-corrected chi connectivity index (χ2v) is 2.71. The van der Waals surface area contributed by atoms with Crippen molar-refractivity contribution in [2.24, 2.45) is 0 Å². The molecule has 1 aromatic carbocycles. The van der Waals surface area contributed by atoms with Crippen molar-refractivity contribution in [1.82, 2.24) is 4.98 Å². The molecule has 2 rings (SSSR count). The second kappa shape index (κ2) is 3.01. The first-order valence-electron chi connectivity index (χ1n) is 3.86. The predicted octanol–water partition coefficient (Wildman–Crippen LogP) is 2.96. The monoisotopic (exact) mass is 179 g/mol. The van der Waals surface area contributed by atoms with Crippen molar-refractivity contribution in [3.05, 3.63) is 48.2 Å². The lowest BCUT2D eigenvalue weighted by Gasteiger charge is -1.99. The van der Waals surface area contributed by atoms with Gasteiger partial charge in [-0.1, -0.05) is 0 Å². The van der Waals surface area contributed by atoms with Gasteiger partial charge in [0.05, 0.1) is 0 Å².